The number of hydrogen-bond acceptors (Lipinski definition) is 6. The van der Waals surface area contributed by atoms with Gasteiger partial charge >= 0.3 is 6.09 Å². The van der Waals surface area contributed by atoms with Crippen LogP contribution in [0.3, 0.4) is 0 Å². The quantitative estimate of drug-likeness (QED) is 0.693. The summed E-state index contributed by atoms with van der Waals surface area (Å²) in [4.78, 5) is 41.0. The van der Waals surface area contributed by atoms with Gasteiger partial charge in [-0.1, -0.05) is 12.1 Å². The molecule has 154 valence electrons. The molecule has 2 aromatic rings. The van der Waals surface area contributed by atoms with Gasteiger partial charge in [0, 0.05) is 42.7 Å². The summed E-state index contributed by atoms with van der Waals surface area (Å²) in [7, 11) is 0. The van der Waals surface area contributed by atoms with Crippen molar-refractivity contribution < 1.29 is 14.3 Å². The van der Waals surface area contributed by atoms with E-state index < -0.39 is 0 Å². The van der Waals surface area contributed by atoms with E-state index in [4.69, 9.17) is 4.74 Å². The number of aromatic nitrogens is 2. The lowest BCUT2D eigenvalue weighted by molar-refractivity contribution is -0.133. The molecule has 2 heterocycles. The van der Waals surface area contributed by atoms with Gasteiger partial charge in [-0.3, -0.25) is 9.59 Å². The normalized spacial score (nSPS) is 14.0. The fourth-order valence-electron chi connectivity index (χ4n) is 3.06. The molecule has 1 aromatic heterocycles. The lowest BCUT2D eigenvalue weighted by Gasteiger charge is -2.34. The molecule has 0 aliphatic carbocycles. The van der Waals surface area contributed by atoms with E-state index >= 15 is 0 Å². The summed E-state index contributed by atoms with van der Waals surface area (Å²) >= 11 is 1.65. The van der Waals surface area contributed by atoms with Crippen molar-refractivity contribution >= 4 is 23.8 Å². The van der Waals surface area contributed by atoms with Gasteiger partial charge in [0.1, 0.15) is 6.54 Å². The van der Waals surface area contributed by atoms with E-state index in [1.54, 1.807) is 34.6 Å². The van der Waals surface area contributed by atoms with Crippen LogP contribution in [0.2, 0.25) is 0 Å². The maximum Gasteiger partial charge on any atom is 0.409 e. The molecule has 0 bridgehead atoms. The van der Waals surface area contributed by atoms with Crippen LogP contribution in [0, 0.1) is 0 Å². The highest BCUT2D eigenvalue weighted by atomic mass is 32.2. The molecule has 0 saturated carbocycles. The number of hydrogen-bond donors (Lipinski definition) is 0. The molecule has 2 amide bonds. The Morgan fingerprint density at radius 2 is 1.69 bits per heavy atom. The highest BCUT2D eigenvalue weighted by Crippen LogP contribution is 2.20. The molecule has 29 heavy (non-hydrogen) atoms. The van der Waals surface area contributed by atoms with Crippen LogP contribution in [0.4, 0.5) is 4.79 Å². The summed E-state index contributed by atoms with van der Waals surface area (Å²) in [5.74, 6) is -0.196. The van der Waals surface area contributed by atoms with Crippen molar-refractivity contribution in [3.05, 3.63) is 46.8 Å². The van der Waals surface area contributed by atoms with Crippen LogP contribution in [-0.2, 0) is 16.1 Å². The predicted octanol–water partition coefficient (Wildman–Crippen LogP) is 1.93. The zero-order valence-electron chi connectivity index (χ0n) is 16.5. The number of nitrogens with zero attached hydrogens (tertiary/aromatic N) is 4. The molecule has 1 aliphatic heterocycles. The number of thioether (sulfide) groups is 1. The van der Waals surface area contributed by atoms with E-state index in [0.717, 1.165) is 10.5 Å². The minimum atomic E-state index is -0.363. The molecule has 1 saturated heterocycles. The van der Waals surface area contributed by atoms with Gasteiger partial charge in [-0.05, 0) is 31.4 Å². The van der Waals surface area contributed by atoms with Crippen molar-refractivity contribution in [1.82, 2.24) is 19.6 Å². The van der Waals surface area contributed by atoms with E-state index in [1.165, 1.54) is 10.7 Å². The second-order valence-corrected chi connectivity index (χ2v) is 7.39. The number of piperazine rings is 1. The van der Waals surface area contributed by atoms with Gasteiger partial charge in [0.25, 0.3) is 5.56 Å². The van der Waals surface area contributed by atoms with Crippen LogP contribution < -0.4 is 5.56 Å². The number of benzene rings is 1. The van der Waals surface area contributed by atoms with E-state index in [1.807, 2.05) is 30.5 Å². The molecular formula is C20H24N4O4S. The number of carbonyl (C=O) groups is 2. The molecule has 3 rings (SSSR count). The first-order valence-corrected chi connectivity index (χ1v) is 10.7. The molecule has 1 aliphatic rings. The fourth-order valence-corrected chi connectivity index (χ4v) is 3.47. The zero-order chi connectivity index (χ0) is 20.8. The maximum atomic E-state index is 12.6. The van der Waals surface area contributed by atoms with Crippen LogP contribution in [0.15, 0.2) is 46.1 Å². The number of rotatable bonds is 5. The Kier molecular flexibility index (Phi) is 6.92. The first-order chi connectivity index (χ1) is 14.0. The molecule has 0 spiro atoms. The topological polar surface area (TPSA) is 84.7 Å². The average molecular weight is 417 g/mol. The molecule has 0 radical (unpaired) electrons. The van der Waals surface area contributed by atoms with Gasteiger partial charge in [0.15, 0.2) is 0 Å². The Morgan fingerprint density at radius 3 is 2.31 bits per heavy atom. The van der Waals surface area contributed by atoms with E-state index in [-0.39, 0.29) is 24.1 Å². The molecule has 9 heteroatoms. The van der Waals surface area contributed by atoms with E-state index in [0.29, 0.717) is 38.5 Å². The third-order valence-corrected chi connectivity index (χ3v) is 5.44. The van der Waals surface area contributed by atoms with Crippen LogP contribution >= 0.6 is 11.8 Å². The van der Waals surface area contributed by atoms with Crippen molar-refractivity contribution in [3.8, 4) is 11.3 Å². The van der Waals surface area contributed by atoms with E-state index in [9.17, 15) is 14.4 Å². The third kappa shape index (κ3) is 5.17. The molecule has 0 N–H and O–H groups in total. The van der Waals surface area contributed by atoms with E-state index in [2.05, 4.69) is 5.10 Å². The highest BCUT2D eigenvalue weighted by Gasteiger charge is 2.25. The van der Waals surface area contributed by atoms with Crippen molar-refractivity contribution in [2.75, 3.05) is 39.0 Å². The van der Waals surface area contributed by atoms with Crippen molar-refractivity contribution in [2.24, 2.45) is 0 Å². The number of amides is 2. The monoisotopic (exact) mass is 416 g/mol. The summed E-state index contributed by atoms with van der Waals surface area (Å²) in [5, 5.41) is 4.37. The van der Waals surface area contributed by atoms with Crippen LogP contribution in [-0.4, -0.2) is 70.6 Å². The van der Waals surface area contributed by atoms with Crippen molar-refractivity contribution in [2.45, 2.75) is 18.4 Å². The smallest absolute Gasteiger partial charge is 0.409 e. The Hall–Kier alpha value is -2.81. The first-order valence-electron chi connectivity index (χ1n) is 9.44. The van der Waals surface area contributed by atoms with Gasteiger partial charge in [-0.15, -0.1) is 11.8 Å². The lowest BCUT2D eigenvalue weighted by atomic mass is 10.1. The van der Waals surface area contributed by atoms with Crippen molar-refractivity contribution in [1.29, 1.82) is 0 Å². The summed E-state index contributed by atoms with van der Waals surface area (Å²) in [6, 6.07) is 11.0. The summed E-state index contributed by atoms with van der Waals surface area (Å²) in [6.07, 6.45) is 1.64. The zero-order valence-corrected chi connectivity index (χ0v) is 17.4. The van der Waals surface area contributed by atoms with Gasteiger partial charge in [0.2, 0.25) is 5.91 Å². The Morgan fingerprint density at radius 1 is 1.03 bits per heavy atom. The van der Waals surface area contributed by atoms with Gasteiger partial charge < -0.3 is 14.5 Å². The van der Waals surface area contributed by atoms with Crippen LogP contribution in [0.25, 0.3) is 11.3 Å². The number of carbonyl (C=O) groups excluding carboxylic acids is 2. The second-order valence-electron chi connectivity index (χ2n) is 6.51. The minimum Gasteiger partial charge on any atom is -0.450 e. The standard InChI is InChI=1S/C20H24N4O4S/c1-3-28-20(27)23-12-10-22(11-13-23)19(26)14-24-18(25)9-8-17(21-24)15-4-6-16(29-2)7-5-15/h4-9H,3,10-14H2,1-2H3. The van der Waals surface area contributed by atoms with Gasteiger partial charge in [0.05, 0.1) is 12.3 Å². The molecule has 0 atom stereocenters. The molecule has 1 fully saturated rings. The highest BCUT2D eigenvalue weighted by molar-refractivity contribution is 7.98. The second kappa shape index (κ2) is 9.60. The van der Waals surface area contributed by atoms with Gasteiger partial charge in [-0.25, -0.2) is 9.48 Å². The maximum absolute atomic E-state index is 12.6. The fraction of sp³-hybridized carbons (Fsp3) is 0.400. The summed E-state index contributed by atoms with van der Waals surface area (Å²) in [5.41, 5.74) is 1.19. The minimum absolute atomic E-state index is 0.130. The predicted molar refractivity (Wildman–Crippen MR) is 111 cm³/mol. The lowest BCUT2D eigenvalue weighted by Crippen LogP contribution is -2.51. The summed E-state index contributed by atoms with van der Waals surface area (Å²) in [6.45, 7) is 3.58. The molecular weight excluding hydrogens is 392 g/mol. The number of ether oxygens (including phenoxy) is 1. The molecule has 8 nitrogen and oxygen atoms in total. The Balaban J connectivity index is 1.66. The largest absolute Gasteiger partial charge is 0.450 e. The van der Waals surface area contributed by atoms with Crippen molar-refractivity contribution in [3.63, 3.8) is 0 Å². The Bertz CT molecular complexity index is 921. The van der Waals surface area contributed by atoms with Crippen LogP contribution in [0.1, 0.15) is 6.92 Å². The first kappa shape index (κ1) is 20.9. The molecule has 0 unspecified atom stereocenters. The SMILES string of the molecule is CCOC(=O)N1CCN(C(=O)Cn2nc(-c3ccc(SC)cc3)ccc2=O)CC1. The van der Waals surface area contributed by atoms with Crippen LogP contribution in [0.5, 0.6) is 0 Å². The third-order valence-electron chi connectivity index (χ3n) is 4.70. The molecule has 1 aromatic carbocycles. The Labute approximate surface area is 173 Å². The average Bonchev–Trinajstić information content (AvgIpc) is 2.75. The van der Waals surface area contributed by atoms with Gasteiger partial charge in [-0.2, -0.15) is 5.10 Å². The summed E-state index contributed by atoms with van der Waals surface area (Å²) < 4.78 is 6.18.